The van der Waals surface area contributed by atoms with Gasteiger partial charge in [0, 0.05) is 50.9 Å². The van der Waals surface area contributed by atoms with Crippen LogP contribution in [0.15, 0.2) is 60.7 Å². The summed E-state index contributed by atoms with van der Waals surface area (Å²) in [6.45, 7) is 6.96. The summed E-state index contributed by atoms with van der Waals surface area (Å²) in [7, 11) is 0. The second-order valence-corrected chi connectivity index (χ2v) is 22.8. The normalized spacial score (nSPS) is 17.3. The second kappa shape index (κ2) is 42.5. The maximum absolute atomic E-state index is 14.6. The van der Waals surface area contributed by atoms with Gasteiger partial charge in [0.1, 0.15) is 23.1 Å². The Labute approximate surface area is 438 Å². The van der Waals surface area contributed by atoms with Crippen LogP contribution in [0.5, 0.6) is 0 Å². The highest BCUT2D eigenvalue weighted by Crippen LogP contribution is 2.50. The van der Waals surface area contributed by atoms with Crippen LogP contribution in [-0.4, -0.2) is 23.1 Å². The minimum absolute atomic E-state index is 0.229. The van der Waals surface area contributed by atoms with E-state index in [9.17, 15) is 19.2 Å². The third-order valence-corrected chi connectivity index (χ3v) is 16.7. The van der Waals surface area contributed by atoms with Crippen molar-refractivity contribution in [3.8, 4) is 0 Å². The lowest BCUT2D eigenvalue weighted by molar-refractivity contribution is -0.127. The Morgan fingerprint density at radius 3 is 1.23 bits per heavy atom. The van der Waals surface area contributed by atoms with Crippen molar-refractivity contribution in [3.05, 3.63) is 71.8 Å². The number of hydrogen-bond acceptors (Lipinski definition) is 4. The lowest BCUT2D eigenvalue weighted by atomic mass is 9.58. The third kappa shape index (κ3) is 30.2. The number of unbranched alkanes of at least 4 members (excludes halogenated alkanes) is 24. The highest BCUT2D eigenvalue weighted by molar-refractivity contribution is 5.82. The Hall–Kier alpha value is -2.88. The summed E-state index contributed by atoms with van der Waals surface area (Å²) in [5.74, 6) is 4.76. The molecule has 0 aromatic heterocycles. The van der Waals surface area contributed by atoms with Crippen molar-refractivity contribution in [1.82, 2.24) is 0 Å². The number of benzene rings is 2. The molecule has 2 aromatic carbocycles. The second-order valence-electron chi connectivity index (χ2n) is 22.8. The van der Waals surface area contributed by atoms with Crippen molar-refractivity contribution >= 4 is 23.1 Å². The lowest BCUT2D eigenvalue weighted by Crippen LogP contribution is -2.40. The molecule has 0 aliphatic heterocycles. The predicted octanol–water partition coefficient (Wildman–Crippen LogP) is 19.9. The van der Waals surface area contributed by atoms with E-state index in [2.05, 4.69) is 20.8 Å². The molecule has 402 valence electrons. The molecule has 0 radical (unpaired) electrons. The van der Waals surface area contributed by atoms with E-state index in [1.54, 1.807) is 0 Å². The van der Waals surface area contributed by atoms with Gasteiger partial charge in [-0.2, -0.15) is 0 Å². The summed E-state index contributed by atoms with van der Waals surface area (Å²) < 4.78 is 0. The molecule has 71 heavy (non-hydrogen) atoms. The Kier molecular flexibility index (Phi) is 37.3. The number of hydrogen-bond donors (Lipinski definition) is 0. The quantitative estimate of drug-likeness (QED) is 0.0620. The molecule has 5 atom stereocenters. The maximum atomic E-state index is 14.6. The smallest absolute Gasteiger partial charge is 0.137 e. The molecule has 1 saturated carbocycles. The van der Waals surface area contributed by atoms with E-state index in [1.807, 2.05) is 60.7 Å². The number of Topliss-reactive ketones (excluding diaryl/α,β-unsaturated/α-hetero) is 4. The van der Waals surface area contributed by atoms with Gasteiger partial charge in [-0.25, -0.2) is 0 Å². The van der Waals surface area contributed by atoms with Crippen molar-refractivity contribution in [3.63, 3.8) is 0 Å². The van der Waals surface area contributed by atoms with E-state index in [0.29, 0.717) is 60.7 Å². The molecule has 3 rings (SSSR count). The summed E-state index contributed by atoms with van der Waals surface area (Å²) in [4.78, 5) is 52.4. The molecule has 0 bridgehead atoms. The van der Waals surface area contributed by atoms with Gasteiger partial charge in [0.25, 0.3) is 0 Å². The van der Waals surface area contributed by atoms with E-state index in [1.165, 1.54) is 141 Å². The summed E-state index contributed by atoms with van der Waals surface area (Å²) in [6, 6.07) is 20.2. The predicted molar refractivity (Wildman–Crippen MR) is 304 cm³/mol. The number of ketones is 4. The molecule has 0 N–H and O–H groups in total. The fourth-order valence-electron chi connectivity index (χ4n) is 12.5. The molecule has 1 fully saturated rings. The van der Waals surface area contributed by atoms with Gasteiger partial charge in [-0.15, -0.1) is 0 Å². The van der Waals surface area contributed by atoms with E-state index < -0.39 is 0 Å². The summed E-state index contributed by atoms with van der Waals surface area (Å²) in [6.07, 6.45) is 48.7. The highest BCUT2D eigenvalue weighted by atomic mass is 16.1. The van der Waals surface area contributed by atoms with Crippen LogP contribution in [0.3, 0.4) is 0 Å². The van der Waals surface area contributed by atoms with Crippen molar-refractivity contribution in [2.75, 3.05) is 0 Å². The van der Waals surface area contributed by atoms with Gasteiger partial charge in [0.05, 0.1) is 0 Å². The monoisotopic (exact) mass is 979 g/mol. The first kappa shape index (κ1) is 62.4. The van der Waals surface area contributed by atoms with Gasteiger partial charge in [-0.3, -0.25) is 19.2 Å². The molecule has 1 aliphatic rings. The van der Waals surface area contributed by atoms with Gasteiger partial charge in [-0.05, 0) is 99.0 Å². The summed E-state index contributed by atoms with van der Waals surface area (Å²) in [5.41, 5.74) is 2.23. The average molecular weight is 980 g/mol. The van der Waals surface area contributed by atoms with Crippen molar-refractivity contribution < 1.29 is 19.2 Å². The van der Waals surface area contributed by atoms with E-state index >= 15 is 0 Å². The summed E-state index contributed by atoms with van der Waals surface area (Å²) in [5, 5.41) is 0. The van der Waals surface area contributed by atoms with Gasteiger partial charge in [-0.1, -0.05) is 248 Å². The Morgan fingerprint density at radius 2 is 0.746 bits per heavy atom. The van der Waals surface area contributed by atoms with Crippen LogP contribution in [0.2, 0.25) is 0 Å². The largest absolute Gasteiger partial charge is 0.300 e. The Bertz CT molecular complexity index is 1600. The molecular formula is C67H110O4. The van der Waals surface area contributed by atoms with Crippen molar-refractivity contribution in [1.29, 1.82) is 0 Å². The van der Waals surface area contributed by atoms with Crippen molar-refractivity contribution in [2.24, 2.45) is 29.6 Å². The molecule has 0 saturated heterocycles. The molecule has 2 aromatic rings. The van der Waals surface area contributed by atoms with Gasteiger partial charge in [0.15, 0.2) is 0 Å². The molecule has 1 aliphatic carbocycles. The summed E-state index contributed by atoms with van der Waals surface area (Å²) >= 11 is 0. The van der Waals surface area contributed by atoms with Crippen LogP contribution in [0.25, 0.3) is 0 Å². The van der Waals surface area contributed by atoms with Crippen LogP contribution < -0.4 is 0 Å². The zero-order valence-corrected chi connectivity index (χ0v) is 46.7. The number of carbonyl (C=O) groups is 4. The Balaban J connectivity index is 1.50. The van der Waals surface area contributed by atoms with Crippen LogP contribution in [-0.2, 0) is 32.0 Å². The zero-order chi connectivity index (χ0) is 50.8. The highest BCUT2D eigenvalue weighted by Gasteiger charge is 2.43. The standard InChI is InChI=1S/C67H110O4/c1-4-7-10-13-22-37-49-63-59(44-31-11-8-5-2)53-54-65(66(51-36-12-9-6-3)67(71)52-39-24-17-21-35-48-62(70)56-58-42-29-26-30-43-58)64(63)50-38-23-16-20-33-46-60(68)45-32-18-14-15-19-34-47-61(69)55-57-40-27-25-28-41-57/h25-30,40-43,59,63-66H,4-24,31-39,44-56H2,1-3H3. The fraction of sp³-hybridized carbons (Fsp3) is 0.761. The minimum Gasteiger partial charge on any atom is -0.300 e. The van der Waals surface area contributed by atoms with Gasteiger partial charge in [0.2, 0.25) is 0 Å². The van der Waals surface area contributed by atoms with E-state index in [-0.39, 0.29) is 5.92 Å². The molecule has 0 amide bonds. The molecule has 5 unspecified atom stereocenters. The molecule has 4 nitrogen and oxygen atoms in total. The molecule has 0 spiro atoms. The van der Waals surface area contributed by atoms with Crippen LogP contribution >= 0.6 is 0 Å². The van der Waals surface area contributed by atoms with E-state index in [0.717, 1.165) is 132 Å². The van der Waals surface area contributed by atoms with Crippen LogP contribution in [0, 0.1) is 29.6 Å². The van der Waals surface area contributed by atoms with E-state index in [4.69, 9.17) is 0 Å². The topological polar surface area (TPSA) is 68.3 Å². The van der Waals surface area contributed by atoms with Gasteiger partial charge < -0.3 is 0 Å². The van der Waals surface area contributed by atoms with Crippen LogP contribution in [0.1, 0.15) is 295 Å². The zero-order valence-electron chi connectivity index (χ0n) is 46.7. The SMILES string of the molecule is CCCCCCCCC1C(CCCCCC)CCC(C(CCCCCC)C(=O)CCCCCCCC(=O)Cc2ccccc2)C1CCCCCCCC(=O)CCCCCCCCC(=O)Cc1ccccc1. The first-order valence-corrected chi connectivity index (χ1v) is 31.0. The molecule has 0 heterocycles. The fourth-order valence-corrected chi connectivity index (χ4v) is 12.5. The Morgan fingerprint density at radius 1 is 0.380 bits per heavy atom. The van der Waals surface area contributed by atoms with Gasteiger partial charge >= 0.3 is 0 Å². The average Bonchev–Trinajstić information content (AvgIpc) is 3.37. The molecule has 4 heteroatoms. The maximum Gasteiger partial charge on any atom is 0.137 e. The van der Waals surface area contributed by atoms with Crippen molar-refractivity contribution in [2.45, 2.75) is 297 Å². The number of rotatable bonds is 48. The number of carbonyl (C=O) groups excluding carboxylic acids is 4. The third-order valence-electron chi connectivity index (χ3n) is 16.7. The van der Waals surface area contributed by atoms with Crippen LogP contribution in [0.4, 0.5) is 0 Å². The molecular weight excluding hydrogens is 869 g/mol. The lowest BCUT2D eigenvalue weighted by Gasteiger charge is -2.47. The first-order valence-electron chi connectivity index (χ1n) is 31.0. The first-order chi connectivity index (χ1) is 34.9. The minimum atomic E-state index is 0.229.